The molecule has 1 heterocycles. The molecule has 1 fully saturated rings. The van der Waals surface area contributed by atoms with Crippen molar-refractivity contribution in [2.75, 3.05) is 20.1 Å². The monoisotopic (exact) mass is 318 g/mol. The molecule has 0 atom stereocenters. The van der Waals surface area contributed by atoms with Crippen molar-refractivity contribution in [2.45, 2.75) is 25.3 Å². The second-order valence-corrected chi connectivity index (χ2v) is 5.80. The third kappa shape index (κ3) is 3.60. The van der Waals surface area contributed by atoms with Crippen molar-refractivity contribution in [1.82, 2.24) is 10.2 Å². The Morgan fingerprint density at radius 3 is 2.59 bits per heavy atom. The largest absolute Gasteiger partial charge is 0.342 e. The van der Waals surface area contributed by atoms with Gasteiger partial charge in [0, 0.05) is 13.1 Å². The van der Waals surface area contributed by atoms with Crippen LogP contribution >= 0.6 is 12.4 Å². The molecule has 1 aliphatic heterocycles. The number of nitrogens with one attached hydrogen (secondary N) is 1. The molecule has 1 amide bonds. The van der Waals surface area contributed by atoms with Crippen LogP contribution in [0.3, 0.4) is 0 Å². The lowest BCUT2D eigenvalue weighted by molar-refractivity contribution is -0.131. The zero-order valence-corrected chi connectivity index (χ0v) is 13.7. The molecule has 118 valence electrons. The van der Waals surface area contributed by atoms with Crippen molar-refractivity contribution in [2.24, 2.45) is 0 Å². The van der Waals surface area contributed by atoms with E-state index in [9.17, 15) is 4.79 Å². The van der Waals surface area contributed by atoms with Gasteiger partial charge in [-0.2, -0.15) is 0 Å². The highest BCUT2D eigenvalue weighted by Crippen LogP contribution is 2.20. The molecular weight excluding hydrogens is 296 g/mol. The lowest BCUT2D eigenvalue weighted by Gasteiger charge is -2.31. The van der Waals surface area contributed by atoms with Crippen LogP contribution < -0.4 is 5.32 Å². The zero-order valence-electron chi connectivity index (χ0n) is 12.9. The van der Waals surface area contributed by atoms with Gasteiger partial charge in [0.2, 0.25) is 5.91 Å². The predicted octanol–water partition coefficient (Wildman–Crippen LogP) is 3.01. The number of hydrogen-bond acceptors (Lipinski definition) is 2. The summed E-state index contributed by atoms with van der Waals surface area (Å²) in [4.78, 5) is 14.5. The van der Waals surface area contributed by atoms with Crippen LogP contribution in [0.4, 0.5) is 0 Å². The molecule has 0 aliphatic carbocycles. The van der Waals surface area contributed by atoms with Crippen LogP contribution in [-0.2, 0) is 11.2 Å². The van der Waals surface area contributed by atoms with Gasteiger partial charge in [-0.15, -0.1) is 12.4 Å². The third-order valence-electron chi connectivity index (χ3n) is 4.47. The van der Waals surface area contributed by atoms with Gasteiger partial charge in [-0.25, -0.2) is 0 Å². The number of piperidine rings is 1. The highest BCUT2D eigenvalue weighted by atomic mass is 35.5. The van der Waals surface area contributed by atoms with Gasteiger partial charge in [0.25, 0.3) is 0 Å². The average molecular weight is 319 g/mol. The van der Waals surface area contributed by atoms with Gasteiger partial charge in [-0.05, 0) is 42.3 Å². The van der Waals surface area contributed by atoms with Crippen LogP contribution in [0.25, 0.3) is 10.8 Å². The maximum Gasteiger partial charge on any atom is 0.227 e. The minimum atomic E-state index is 0. The number of fused-ring (bicyclic) bond motifs is 1. The van der Waals surface area contributed by atoms with Crippen molar-refractivity contribution in [3.63, 3.8) is 0 Å². The Hall–Kier alpha value is -1.58. The third-order valence-corrected chi connectivity index (χ3v) is 4.47. The van der Waals surface area contributed by atoms with E-state index in [4.69, 9.17) is 0 Å². The molecule has 0 spiro atoms. The number of rotatable bonds is 3. The summed E-state index contributed by atoms with van der Waals surface area (Å²) in [6.07, 6.45) is 2.59. The highest BCUT2D eigenvalue weighted by molar-refractivity contribution is 5.90. The van der Waals surface area contributed by atoms with Gasteiger partial charge in [-0.3, -0.25) is 4.79 Å². The van der Waals surface area contributed by atoms with E-state index in [0.29, 0.717) is 12.5 Å². The van der Waals surface area contributed by atoms with Gasteiger partial charge in [-0.1, -0.05) is 42.5 Å². The van der Waals surface area contributed by atoms with E-state index in [1.165, 1.54) is 10.8 Å². The molecule has 0 bridgehead atoms. The lowest BCUT2D eigenvalue weighted by atomic mass is 10.0. The van der Waals surface area contributed by atoms with Crippen molar-refractivity contribution in [1.29, 1.82) is 0 Å². The van der Waals surface area contributed by atoms with E-state index in [1.54, 1.807) is 0 Å². The summed E-state index contributed by atoms with van der Waals surface area (Å²) in [5, 5.41) is 5.73. The summed E-state index contributed by atoms with van der Waals surface area (Å²) in [7, 11) is 1.95. The van der Waals surface area contributed by atoms with Crippen LogP contribution in [0.1, 0.15) is 18.4 Å². The zero-order chi connectivity index (χ0) is 14.7. The second-order valence-electron chi connectivity index (χ2n) is 5.80. The number of halogens is 1. The summed E-state index contributed by atoms with van der Waals surface area (Å²) in [6, 6.07) is 14.9. The number of carbonyl (C=O) groups excluding carboxylic acids is 1. The number of likely N-dealkylation sites (N-methyl/N-ethyl adjacent to an activating group) is 1. The molecule has 2 aromatic rings. The fourth-order valence-corrected chi connectivity index (χ4v) is 3.13. The standard InChI is InChI=1S/C18H22N2O.ClH/c1-20(16-9-11-19-12-10-16)18(21)13-15-7-4-6-14-5-2-3-8-17(14)15;/h2-8,16,19H,9-13H2,1H3;1H. The van der Waals surface area contributed by atoms with Gasteiger partial charge in [0.1, 0.15) is 0 Å². The van der Waals surface area contributed by atoms with Crippen LogP contribution in [0.5, 0.6) is 0 Å². The van der Waals surface area contributed by atoms with E-state index < -0.39 is 0 Å². The summed E-state index contributed by atoms with van der Waals surface area (Å²) < 4.78 is 0. The fraction of sp³-hybridized carbons (Fsp3) is 0.389. The Kier molecular flexibility index (Phi) is 5.81. The molecule has 4 heteroatoms. The molecule has 3 rings (SSSR count). The molecule has 0 radical (unpaired) electrons. The van der Waals surface area contributed by atoms with Crippen molar-refractivity contribution < 1.29 is 4.79 Å². The van der Waals surface area contributed by atoms with Crippen LogP contribution in [0, 0.1) is 0 Å². The number of amides is 1. The molecule has 0 saturated carbocycles. The van der Waals surface area contributed by atoms with E-state index in [0.717, 1.165) is 31.5 Å². The summed E-state index contributed by atoms with van der Waals surface area (Å²) in [5.41, 5.74) is 1.12. The summed E-state index contributed by atoms with van der Waals surface area (Å²) >= 11 is 0. The Balaban J connectivity index is 0.00000176. The maximum absolute atomic E-state index is 12.6. The fourth-order valence-electron chi connectivity index (χ4n) is 3.13. The van der Waals surface area contributed by atoms with Gasteiger partial charge in [0.05, 0.1) is 6.42 Å². The Bertz CT molecular complexity index is 633. The first kappa shape index (κ1) is 16.8. The molecule has 1 saturated heterocycles. The Morgan fingerprint density at radius 2 is 1.82 bits per heavy atom. The lowest BCUT2D eigenvalue weighted by Crippen LogP contribution is -2.44. The van der Waals surface area contributed by atoms with Crippen molar-refractivity contribution >= 4 is 29.1 Å². The Morgan fingerprint density at radius 1 is 1.14 bits per heavy atom. The number of carbonyl (C=O) groups is 1. The predicted molar refractivity (Wildman–Crippen MR) is 93.6 cm³/mol. The minimum absolute atomic E-state index is 0. The molecule has 3 nitrogen and oxygen atoms in total. The first-order chi connectivity index (χ1) is 10.3. The van der Waals surface area contributed by atoms with Crippen LogP contribution in [-0.4, -0.2) is 37.0 Å². The molecule has 2 aromatic carbocycles. The van der Waals surface area contributed by atoms with E-state index in [1.807, 2.05) is 30.1 Å². The highest BCUT2D eigenvalue weighted by Gasteiger charge is 2.22. The van der Waals surface area contributed by atoms with Gasteiger partial charge in [0.15, 0.2) is 0 Å². The Labute approximate surface area is 138 Å². The van der Waals surface area contributed by atoms with Crippen LogP contribution in [0.15, 0.2) is 42.5 Å². The molecule has 0 aromatic heterocycles. The van der Waals surface area contributed by atoms with Gasteiger partial charge < -0.3 is 10.2 Å². The molecule has 1 aliphatic rings. The smallest absolute Gasteiger partial charge is 0.227 e. The number of nitrogens with zero attached hydrogens (tertiary/aromatic N) is 1. The summed E-state index contributed by atoms with van der Waals surface area (Å²) in [6.45, 7) is 2.02. The molecule has 0 unspecified atom stereocenters. The molecule has 22 heavy (non-hydrogen) atoms. The summed E-state index contributed by atoms with van der Waals surface area (Å²) in [5.74, 6) is 0.221. The second kappa shape index (κ2) is 7.61. The van der Waals surface area contributed by atoms with Crippen molar-refractivity contribution in [3.05, 3.63) is 48.0 Å². The SMILES string of the molecule is CN(C(=O)Cc1cccc2ccccc12)C1CCNCC1.Cl. The first-order valence-electron chi connectivity index (χ1n) is 7.69. The van der Waals surface area contributed by atoms with E-state index in [2.05, 4.69) is 29.6 Å². The quantitative estimate of drug-likeness (QED) is 0.943. The minimum Gasteiger partial charge on any atom is -0.342 e. The van der Waals surface area contributed by atoms with E-state index in [-0.39, 0.29) is 18.3 Å². The first-order valence-corrected chi connectivity index (χ1v) is 7.69. The van der Waals surface area contributed by atoms with Gasteiger partial charge >= 0.3 is 0 Å². The maximum atomic E-state index is 12.6. The normalized spacial score (nSPS) is 15.3. The molecule has 1 N–H and O–H groups in total. The topological polar surface area (TPSA) is 32.3 Å². The van der Waals surface area contributed by atoms with Crippen LogP contribution in [0.2, 0.25) is 0 Å². The van der Waals surface area contributed by atoms with E-state index >= 15 is 0 Å². The van der Waals surface area contributed by atoms with Crippen molar-refractivity contribution in [3.8, 4) is 0 Å². The average Bonchev–Trinajstić information content (AvgIpc) is 2.55. The molecular formula is C18H23ClN2O. The number of hydrogen-bond donors (Lipinski definition) is 1. The number of benzene rings is 2.